The van der Waals surface area contributed by atoms with Gasteiger partial charge in [0.05, 0.1) is 12.1 Å². The van der Waals surface area contributed by atoms with Gasteiger partial charge in [-0.1, -0.05) is 6.92 Å². The second-order valence-corrected chi connectivity index (χ2v) is 5.53. The lowest BCUT2D eigenvalue weighted by molar-refractivity contribution is -0.132. The van der Waals surface area contributed by atoms with E-state index >= 15 is 0 Å². The molecule has 0 spiro atoms. The Morgan fingerprint density at radius 1 is 1.44 bits per heavy atom. The number of hydrogen-bond donors (Lipinski definition) is 1. The maximum atomic E-state index is 12.1. The molecule has 0 aromatic heterocycles. The SMILES string of the molecule is CCC1OCCC1CNC(C)C(=O)N1CCCC1. The Morgan fingerprint density at radius 2 is 2.17 bits per heavy atom. The van der Waals surface area contributed by atoms with Crippen LogP contribution in [-0.2, 0) is 9.53 Å². The molecule has 1 N–H and O–H groups in total. The molecule has 4 nitrogen and oxygen atoms in total. The van der Waals surface area contributed by atoms with Gasteiger partial charge < -0.3 is 15.0 Å². The van der Waals surface area contributed by atoms with Gasteiger partial charge >= 0.3 is 0 Å². The molecule has 3 atom stereocenters. The van der Waals surface area contributed by atoms with Gasteiger partial charge in [-0.05, 0) is 38.5 Å². The van der Waals surface area contributed by atoms with Gasteiger partial charge in [0.25, 0.3) is 0 Å². The average Bonchev–Trinajstić information content (AvgIpc) is 3.05. The summed E-state index contributed by atoms with van der Waals surface area (Å²) in [5.74, 6) is 0.836. The van der Waals surface area contributed by atoms with Crippen LogP contribution in [0.25, 0.3) is 0 Å². The molecule has 2 rings (SSSR count). The Bertz CT molecular complexity index is 277. The molecule has 2 fully saturated rings. The number of carbonyl (C=O) groups is 1. The minimum Gasteiger partial charge on any atom is -0.378 e. The zero-order valence-electron chi connectivity index (χ0n) is 11.7. The summed E-state index contributed by atoms with van der Waals surface area (Å²) in [6.45, 7) is 7.81. The van der Waals surface area contributed by atoms with Crippen LogP contribution in [0.15, 0.2) is 0 Å². The Hall–Kier alpha value is -0.610. The lowest BCUT2D eigenvalue weighted by atomic mass is 9.99. The number of carbonyl (C=O) groups excluding carboxylic acids is 1. The number of ether oxygens (including phenoxy) is 1. The van der Waals surface area contributed by atoms with Crippen molar-refractivity contribution in [2.75, 3.05) is 26.2 Å². The summed E-state index contributed by atoms with van der Waals surface area (Å²) in [5, 5.41) is 3.39. The van der Waals surface area contributed by atoms with Crippen molar-refractivity contribution in [2.24, 2.45) is 5.92 Å². The third-order valence-corrected chi connectivity index (χ3v) is 4.22. The minimum atomic E-state index is -0.0544. The Balaban J connectivity index is 1.73. The number of hydrogen-bond acceptors (Lipinski definition) is 3. The van der Waals surface area contributed by atoms with E-state index in [4.69, 9.17) is 4.74 Å². The summed E-state index contributed by atoms with van der Waals surface area (Å²) in [4.78, 5) is 14.1. The van der Waals surface area contributed by atoms with E-state index in [0.717, 1.165) is 51.9 Å². The first-order chi connectivity index (χ1) is 8.72. The molecule has 0 aliphatic carbocycles. The standard InChI is InChI=1S/C14H26N2O2/c1-3-13-12(6-9-18-13)10-15-11(2)14(17)16-7-4-5-8-16/h11-13,15H,3-10H2,1-2H3. The second kappa shape index (κ2) is 6.53. The van der Waals surface area contributed by atoms with Crippen molar-refractivity contribution in [3.8, 4) is 0 Å². The highest BCUT2D eigenvalue weighted by atomic mass is 16.5. The molecule has 2 heterocycles. The van der Waals surface area contributed by atoms with Gasteiger partial charge in [-0.25, -0.2) is 0 Å². The van der Waals surface area contributed by atoms with E-state index in [2.05, 4.69) is 12.2 Å². The fourth-order valence-electron chi connectivity index (χ4n) is 3.00. The van der Waals surface area contributed by atoms with E-state index in [-0.39, 0.29) is 11.9 Å². The van der Waals surface area contributed by atoms with Gasteiger partial charge in [-0.2, -0.15) is 0 Å². The monoisotopic (exact) mass is 254 g/mol. The number of amides is 1. The molecule has 2 saturated heterocycles. The number of nitrogens with zero attached hydrogens (tertiary/aromatic N) is 1. The lowest BCUT2D eigenvalue weighted by Crippen LogP contribution is -2.45. The van der Waals surface area contributed by atoms with Crippen molar-refractivity contribution in [3.05, 3.63) is 0 Å². The summed E-state index contributed by atoms with van der Waals surface area (Å²) < 4.78 is 5.67. The number of nitrogens with one attached hydrogen (secondary N) is 1. The molecule has 0 aromatic carbocycles. The summed E-state index contributed by atoms with van der Waals surface area (Å²) in [5.41, 5.74) is 0. The molecule has 18 heavy (non-hydrogen) atoms. The van der Waals surface area contributed by atoms with Crippen molar-refractivity contribution in [1.29, 1.82) is 0 Å². The first-order valence-corrected chi connectivity index (χ1v) is 7.36. The maximum Gasteiger partial charge on any atom is 0.239 e. The van der Waals surface area contributed by atoms with Crippen LogP contribution < -0.4 is 5.32 Å². The van der Waals surface area contributed by atoms with Crippen molar-refractivity contribution >= 4 is 5.91 Å². The van der Waals surface area contributed by atoms with Crippen LogP contribution in [0.4, 0.5) is 0 Å². The third-order valence-electron chi connectivity index (χ3n) is 4.22. The maximum absolute atomic E-state index is 12.1. The van der Waals surface area contributed by atoms with Crippen LogP contribution in [-0.4, -0.2) is 49.2 Å². The molecule has 0 radical (unpaired) electrons. The highest BCUT2D eigenvalue weighted by molar-refractivity contribution is 5.81. The third kappa shape index (κ3) is 3.23. The fraction of sp³-hybridized carbons (Fsp3) is 0.929. The summed E-state index contributed by atoms with van der Waals surface area (Å²) in [6, 6.07) is -0.0544. The van der Waals surface area contributed by atoms with Crippen LogP contribution in [0, 0.1) is 5.92 Å². The molecular formula is C14H26N2O2. The fourth-order valence-corrected chi connectivity index (χ4v) is 3.00. The highest BCUT2D eigenvalue weighted by Crippen LogP contribution is 2.22. The van der Waals surface area contributed by atoms with Gasteiger partial charge in [-0.3, -0.25) is 4.79 Å². The first-order valence-electron chi connectivity index (χ1n) is 7.36. The second-order valence-electron chi connectivity index (χ2n) is 5.53. The zero-order chi connectivity index (χ0) is 13.0. The first kappa shape index (κ1) is 13.8. The van der Waals surface area contributed by atoms with Crippen LogP contribution >= 0.6 is 0 Å². The van der Waals surface area contributed by atoms with Crippen molar-refractivity contribution in [3.63, 3.8) is 0 Å². The molecule has 104 valence electrons. The summed E-state index contributed by atoms with van der Waals surface area (Å²) in [6.07, 6.45) is 4.89. The van der Waals surface area contributed by atoms with E-state index in [1.807, 2.05) is 11.8 Å². The van der Waals surface area contributed by atoms with Crippen molar-refractivity contribution in [1.82, 2.24) is 10.2 Å². The predicted molar refractivity (Wildman–Crippen MR) is 71.4 cm³/mol. The molecule has 0 aromatic rings. The molecular weight excluding hydrogens is 228 g/mol. The molecule has 2 aliphatic heterocycles. The van der Waals surface area contributed by atoms with Gasteiger partial charge in [0.1, 0.15) is 0 Å². The van der Waals surface area contributed by atoms with Gasteiger partial charge in [0.2, 0.25) is 5.91 Å². The van der Waals surface area contributed by atoms with Crippen LogP contribution in [0.1, 0.15) is 39.5 Å². The predicted octanol–water partition coefficient (Wildman–Crippen LogP) is 1.40. The summed E-state index contributed by atoms with van der Waals surface area (Å²) in [7, 11) is 0. The topological polar surface area (TPSA) is 41.6 Å². The van der Waals surface area contributed by atoms with Crippen LogP contribution in [0.2, 0.25) is 0 Å². The lowest BCUT2D eigenvalue weighted by Gasteiger charge is -2.23. The van der Waals surface area contributed by atoms with E-state index in [9.17, 15) is 4.79 Å². The normalized spacial score (nSPS) is 29.8. The van der Waals surface area contributed by atoms with Crippen LogP contribution in [0.3, 0.4) is 0 Å². The Labute approximate surface area is 110 Å². The molecule has 0 saturated carbocycles. The smallest absolute Gasteiger partial charge is 0.239 e. The quantitative estimate of drug-likeness (QED) is 0.806. The number of likely N-dealkylation sites (tertiary alicyclic amines) is 1. The van der Waals surface area contributed by atoms with Crippen molar-refractivity contribution < 1.29 is 9.53 Å². The molecule has 4 heteroatoms. The molecule has 1 amide bonds. The molecule has 2 aliphatic rings. The van der Waals surface area contributed by atoms with Crippen LogP contribution in [0.5, 0.6) is 0 Å². The summed E-state index contributed by atoms with van der Waals surface area (Å²) >= 11 is 0. The van der Waals surface area contributed by atoms with Crippen molar-refractivity contribution in [2.45, 2.75) is 51.7 Å². The largest absolute Gasteiger partial charge is 0.378 e. The van der Waals surface area contributed by atoms with E-state index < -0.39 is 0 Å². The van der Waals surface area contributed by atoms with Gasteiger partial charge in [0.15, 0.2) is 0 Å². The van der Waals surface area contributed by atoms with E-state index in [1.54, 1.807) is 0 Å². The Kier molecular flexibility index (Phi) is 5.01. The highest BCUT2D eigenvalue weighted by Gasteiger charge is 2.28. The molecule has 3 unspecified atom stereocenters. The Morgan fingerprint density at radius 3 is 2.83 bits per heavy atom. The average molecular weight is 254 g/mol. The molecule has 0 bridgehead atoms. The van der Waals surface area contributed by atoms with Gasteiger partial charge in [0, 0.05) is 26.2 Å². The van der Waals surface area contributed by atoms with E-state index in [0.29, 0.717) is 12.0 Å². The van der Waals surface area contributed by atoms with Gasteiger partial charge in [-0.15, -0.1) is 0 Å². The number of rotatable bonds is 5. The minimum absolute atomic E-state index is 0.0544. The zero-order valence-corrected chi connectivity index (χ0v) is 11.7. The van der Waals surface area contributed by atoms with E-state index in [1.165, 1.54) is 0 Å².